The maximum absolute atomic E-state index is 14.3. The molecule has 0 saturated carbocycles. The van der Waals surface area contributed by atoms with Gasteiger partial charge in [-0.15, -0.1) is 0 Å². The lowest BCUT2D eigenvalue weighted by Gasteiger charge is -2.23. The number of anilines is 2. The number of hydrogen-bond donors (Lipinski definition) is 2. The molecule has 0 aromatic heterocycles. The number of benzene rings is 3. The van der Waals surface area contributed by atoms with Gasteiger partial charge in [-0.3, -0.25) is 14.5 Å². The lowest BCUT2D eigenvalue weighted by Crippen LogP contribution is -2.38. The lowest BCUT2D eigenvalue weighted by molar-refractivity contribution is -0.120. The van der Waals surface area contributed by atoms with E-state index < -0.39 is 5.82 Å². The van der Waals surface area contributed by atoms with Gasteiger partial charge in [-0.2, -0.15) is 0 Å². The third-order valence-corrected chi connectivity index (χ3v) is 5.85. The molecule has 7 heteroatoms. The number of nitrogens with one attached hydrogen (secondary N) is 2. The van der Waals surface area contributed by atoms with Crippen molar-refractivity contribution in [1.82, 2.24) is 4.90 Å². The molecule has 0 bridgehead atoms. The van der Waals surface area contributed by atoms with Crippen LogP contribution in [-0.4, -0.2) is 36.9 Å². The average Bonchev–Trinajstić information content (AvgIpc) is 2.79. The van der Waals surface area contributed by atoms with Crippen LogP contribution in [0.25, 0.3) is 0 Å². The molecule has 0 fully saturated rings. The van der Waals surface area contributed by atoms with E-state index in [0.29, 0.717) is 5.56 Å². The van der Waals surface area contributed by atoms with Crippen molar-refractivity contribution in [3.63, 3.8) is 0 Å². The molecule has 35 heavy (non-hydrogen) atoms. The molecule has 0 saturated heterocycles. The van der Waals surface area contributed by atoms with Crippen LogP contribution >= 0.6 is 0 Å². The Morgan fingerprint density at radius 2 is 1.26 bits per heavy atom. The maximum atomic E-state index is 14.3. The highest BCUT2D eigenvalue weighted by atomic mass is 19.1. The molecule has 3 aromatic rings. The molecule has 2 amide bonds. The van der Waals surface area contributed by atoms with Gasteiger partial charge in [0.2, 0.25) is 11.8 Å². The first-order valence-electron chi connectivity index (χ1n) is 11.4. The van der Waals surface area contributed by atoms with Crippen molar-refractivity contribution in [2.45, 2.75) is 34.2 Å². The van der Waals surface area contributed by atoms with Crippen LogP contribution in [0.4, 0.5) is 15.8 Å². The van der Waals surface area contributed by atoms with Crippen LogP contribution in [0.1, 0.15) is 27.8 Å². The number of rotatable bonds is 9. The zero-order valence-corrected chi connectivity index (χ0v) is 20.9. The summed E-state index contributed by atoms with van der Waals surface area (Å²) >= 11 is 0. The molecule has 6 nitrogen and oxygen atoms in total. The number of para-hydroxylation sites is 2. The van der Waals surface area contributed by atoms with Crippen molar-refractivity contribution in [3.05, 3.63) is 88.2 Å². The highest BCUT2D eigenvalue weighted by Gasteiger charge is 2.18. The van der Waals surface area contributed by atoms with Crippen molar-refractivity contribution in [1.29, 1.82) is 0 Å². The van der Waals surface area contributed by atoms with E-state index in [1.807, 2.05) is 64.1 Å². The van der Waals surface area contributed by atoms with Gasteiger partial charge in [0.15, 0.2) is 11.6 Å². The molecule has 0 radical (unpaired) electrons. The number of carbonyl (C=O) groups is 2. The SMILES string of the molecule is COc1ccc(CN(CC(=O)Nc2c(C)cccc2C)CC(=O)Nc2c(C)cccc2C)cc1F. The molecule has 0 unspecified atom stereocenters. The van der Waals surface area contributed by atoms with Gasteiger partial charge in [0.05, 0.1) is 20.2 Å². The van der Waals surface area contributed by atoms with Gasteiger partial charge in [-0.25, -0.2) is 4.39 Å². The van der Waals surface area contributed by atoms with Crippen molar-refractivity contribution in [2.75, 3.05) is 30.8 Å². The summed E-state index contributed by atoms with van der Waals surface area (Å²) in [7, 11) is 1.40. The molecule has 3 rings (SSSR count). The first-order valence-corrected chi connectivity index (χ1v) is 11.4. The third kappa shape index (κ3) is 6.90. The standard InChI is InChI=1S/C28H32FN3O3/c1-18-8-6-9-19(2)27(18)30-25(33)16-32(15-22-12-13-24(35-5)23(29)14-22)17-26(34)31-28-20(3)10-7-11-21(28)4/h6-14H,15-17H2,1-5H3,(H,30,33)(H,31,34). The number of amides is 2. The summed E-state index contributed by atoms with van der Waals surface area (Å²) in [5.74, 6) is -0.863. The van der Waals surface area contributed by atoms with E-state index in [-0.39, 0.29) is 37.2 Å². The summed E-state index contributed by atoms with van der Waals surface area (Å²) in [6, 6.07) is 16.2. The normalized spacial score (nSPS) is 10.8. The number of ether oxygens (including phenoxy) is 1. The zero-order chi connectivity index (χ0) is 25.5. The van der Waals surface area contributed by atoms with Crippen LogP contribution in [0.5, 0.6) is 5.75 Å². The average molecular weight is 478 g/mol. The lowest BCUT2D eigenvalue weighted by atomic mass is 10.1. The topological polar surface area (TPSA) is 70.7 Å². The molecular formula is C28H32FN3O3. The molecular weight excluding hydrogens is 445 g/mol. The van der Waals surface area contributed by atoms with E-state index >= 15 is 0 Å². The number of carbonyl (C=O) groups excluding carboxylic acids is 2. The molecule has 0 aliphatic rings. The molecule has 0 atom stereocenters. The van der Waals surface area contributed by atoms with Crippen LogP contribution in [0, 0.1) is 33.5 Å². The van der Waals surface area contributed by atoms with Crippen molar-refractivity contribution in [2.24, 2.45) is 0 Å². The minimum absolute atomic E-state index is 0.0401. The third-order valence-electron chi connectivity index (χ3n) is 5.85. The van der Waals surface area contributed by atoms with Crippen LogP contribution in [0.3, 0.4) is 0 Å². The second kappa shape index (κ2) is 11.6. The van der Waals surface area contributed by atoms with Crippen LogP contribution in [0.15, 0.2) is 54.6 Å². The first-order chi connectivity index (χ1) is 16.7. The predicted octanol–water partition coefficient (Wildman–Crippen LogP) is 5.15. The summed E-state index contributed by atoms with van der Waals surface area (Å²) in [5, 5.41) is 5.92. The van der Waals surface area contributed by atoms with Gasteiger partial charge >= 0.3 is 0 Å². The Labute approximate surface area is 206 Å². The number of nitrogens with zero attached hydrogens (tertiary/aromatic N) is 1. The van der Waals surface area contributed by atoms with Crippen LogP contribution in [-0.2, 0) is 16.1 Å². The Hall–Kier alpha value is -3.71. The summed E-state index contributed by atoms with van der Waals surface area (Å²) < 4.78 is 19.3. The van der Waals surface area contributed by atoms with Crippen LogP contribution < -0.4 is 15.4 Å². The predicted molar refractivity (Wildman–Crippen MR) is 137 cm³/mol. The Balaban J connectivity index is 1.78. The van der Waals surface area contributed by atoms with Gasteiger partial charge in [-0.1, -0.05) is 42.5 Å². The maximum Gasteiger partial charge on any atom is 0.238 e. The highest BCUT2D eigenvalue weighted by Crippen LogP contribution is 2.22. The van der Waals surface area contributed by atoms with Crippen molar-refractivity contribution in [3.8, 4) is 5.75 Å². The summed E-state index contributed by atoms with van der Waals surface area (Å²) in [4.78, 5) is 27.6. The van der Waals surface area contributed by atoms with Gasteiger partial charge < -0.3 is 15.4 Å². The fraction of sp³-hybridized carbons (Fsp3) is 0.286. The molecule has 2 N–H and O–H groups in total. The fourth-order valence-electron chi connectivity index (χ4n) is 4.02. The van der Waals surface area contributed by atoms with E-state index in [0.717, 1.165) is 33.6 Å². The Morgan fingerprint density at radius 3 is 1.66 bits per heavy atom. The van der Waals surface area contributed by atoms with Crippen molar-refractivity contribution < 1.29 is 18.7 Å². The van der Waals surface area contributed by atoms with E-state index in [9.17, 15) is 14.0 Å². The number of methoxy groups -OCH3 is 1. The molecule has 3 aromatic carbocycles. The summed E-state index contributed by atoms with van der Waals surface area (Å²) in [6.45, 7) is 7.85. The van der Waals surface area contributed by atoms with Gasteiger partial charge in [-0.05, 0) is 67.6 Å². The second-order valence-corrected chi connectivity index (χ2v) is 8.74. The van der Waals surface area contributed by atoms with Crippen molar-refractivity contribution >= 4 is 23.2 Å². The number of aryl methyl sites for hydroxylation is 4. The highest BCUT2D eigenvalue weighted by molar-refractivity contribution is 5.96. The fourth-order valence-corrected chi connectivity index (χ4v) is 4.02. The summed E-state index contributed by atoms with van der Waals surface area (Å²) in [6.07, 6.45) is 0. The first kappa shape index (κ1) is 25.9. The Morgan fingerprint density at radius 1 is 0.800 bits per heavy atom. The molecule has 0 heterocycles. The molecule has 0 aliphatic heterocycles. The Bertz CT molecular complexity index is 1120. The largest absolute Gasteiger partial charge is 0.494 e. The van der Waals surface area contributed by atoms with E-state index in [1.165, 1.54) is 19.2 Å². The quantitative estimate of drug-likeness (QED) is 0.447. The van der Waals surface area contributed by atoms with E-state index in [2.05, 4.69) is 10.6 Å². The smallest absolute Gasteiger partial charge is 0.238 e. The van der Waals surface area contributed by atoms with Crippen LogP contribution in [0.2, 0.25) is 0 Å². The zero-order valence-electron chi connectivity index (χ0n) is 20.9. The number of halogens is 1. The van der Waals surface area contributed by atoms with E-state index in [1.54, 1.807) is 11.0 Å². The van der Waals surface area contributed by atoms with E-state index in [4.69, 9.17) is 4.74 Å². The van der Waals surface area contributed by atoms with Gasteiger partial charge in [0.25, 0.3) is 0 Å². The molecule has 184 valence electrons. The Kier molecular flexibility index (Phi) is 8.60. The number of hydrogen-bond acceptors (Lipinski definition) is 4. The minimum atomic E-state index is -0.495. The van der Waals surface area contributed by atoms with Gasteiger partial charge in [0, 0.05) is 17.9 Å². The monoisotopic (exact) mass is 477 g/mol. The second-order valence-electron chi connectivity index (χ2n) is 8.74. The van der Waals surface area contributed by atoms with Gasteiger partial charge in [0.1, 0.15) is 0 Å². The molecule has 0 aliphatic carbocycles. The molecule has 0 spiro atoms. The minimum Gasteiger partial charge on any atom is -0.494 e. The summed E-state index contributed by atoms with van der Waals surface area (Å²) in [5.41, 5.74) is 5.96.